The normalized spacial score (nSPS) is 12.3. The van der Waals surface area contributed by atoms with Gasteiger partial charge in [0.2, 0.25) is 0 Å². The fraction of sp³-hybridized carbons (Fsp3) is 0.167. The molecule has 1 N–H and O–H groups in total. The maximum Gasteiger partial charge on any atom is 0.270 e. The largest absolute Gasteiger partial charge is 0.351 e. The zero-order chi connectivity index (χ0) is 15.7. The van der Waals surface area contributed by atoms with Crippen LogP contribution in [0.15, 0.2) is 54.6 Å². The fourth-order valence-corrected chi connectivity index (χ4v) is 2.58. The van der Waals surface area contributed by atoms with Crippen molar-refractivity contribution in [2.75, 3.05) is 7.05 Å². The maximum atomic E-state index is 13.9. The Morgan fingerprint density at radius 3 is 2.55 bits per heavy atom. The first-order chi connectivity index (χ1) is 10.6. The van der Waals surface area contributed by atoms with Crippen LogP contribution in [0.4, 0.5) is 4.39 Å². The number of para-hydroxylation sites is 1. The lowest BCUT2D eigenvalue weighted by molar-refractivity contribution is 0.0735. The summed E-state index contributed by atoms with van der Waals surface area (Å²) in [5, 5.41) is 0.984. The molecule has 0 spiro atoms. The summed E-state index contributed by atoms with van der Waals surface area (Å²) in [7, 11) is 1.69. The summed E-state index contributed by atoms with van der Waals surface area (Å²) < 4.78 is 13.9. The van der Waals surface area contributed by atoms with E-state index in [9.17, 15) is 9.18 Å². The van der Waals surface area contributed by atoms with Crippen LogP contribution in [0, 0.1) is 5.82 Å². The van der Waals surface area contributed by atoms with Crippen molar-refractivity contribution in [2.45, 2.75) is 13.0 Å². The molecule has 1 amide bonds. The standard InChI is InChI=1S/C18H17FN2O/c1-12(14-8-4-5-9-15(14)19)21(2)18(22)17-11-13-7-3-6-10-16(13)20-17/h3-12,20H,1-2H3/t12-/m1/s1. The van der Waals surface area contributed by atoms with Crippen LogP contribution in [-0.2, 0) is 0 Å². The van der Waals surface area contributed by atoms with Gasteiger partial charge < -0.3 is 9.88 Å². The lowest BCUT2D eigenvalue weighted by Crippen LogP contribution is -2.30. The number of nitrogens with zero attached hydrogens (tertiary/aromatic N) is 1. The number of halogens is 1. The van der Waals surface area contributed by atoms with Crippen LogP contribution in [0.3, 0.4) is 0 Å². The van der Waals surface area contributed by atoms with Gasteiger partial charge in [-0.2, -0.15) is 0 Å². The second-order valence-corrected chi connectivity index (χ2v) is 5.38. The van der Waals surface area contributed by atoms with E-state index in [1.165, 1.54) is 6.07 Å². The molecule has 0 radical (unpaired) electrons. The van der Waals surface area contributed by atoms with Gasteiger partial charge in [0.05, 0.1) is 6.04 Å². The van der Waals surface area contributed by atoms with E-state index in [1.807, 2.05) is 37.3 Å². The van der Waals surface area contributed by atoms with Gasteiger partial charge in [0, 0.05) is 23.5 Å². The fourth-order valence-electron chi connectivity index (χ4n) is 2.58. The number of carbonyl (C=O) groups excluding carboxylic acids is 1. The van der Waals surface area contributed by atoms with Crippen LogP contribution < -0.4 is 0 Å². The number of amides is 1. The van der Waals surface area contributed by atoms with Crippen molar-refractivity contribution in [3.05, 3.63) is 71.7 Å². The first kappa shape index (κ1) is 14.3. The molecular weight excluding hydrogens is 279 g/mol. The molecule has 0 fully saturated rings. The minimum Gasteiger partial charge on any atom is -0.351 e. The number of carbonyl (C=O) groups is 1. The smallest absolute Gasteiger partial charge is 0.270 e. The van der Waals surface area contributed by atoms with Gasteiger partial charge in [-0.1, -0.05) is 36.4 Å². The Bertz CT molecular complexity index is 792. The molecule has 0 aliphatic heterocycles. The van der Waals surface area contributed by atoms with E-state index in [0.717, 1.165) is 10.9 Å². The van der Waals surface area contributed by atoms with E-state index in [0.29, 0.717) is 11.3 Å². The van der Waals surface area contributed by atoms with Crippen molar-refractivity contribution in [1.29, 1.82) is 0 Å². The number of hydrogen-bond donors (Lipinski definition) is 1. The van der Waals surface area contributed by atoms with E-state index in [-0.39, 0.29) is 17.8 Å². The first-order valence-corrected chi connectivity index (χ1v) is 7.17. The molecule has 3 aromatic rings. The van der Waals surface area contributed by atoms with Crippen molar-refractivity contribution in [1.82, 2.24) is 9.88 Å². The Balaban J connectivity index is 1.89. The Labute approximate surface area is 128 Å². The molecule has 3 nitrogen and oxygen atoms in total. The molecule has 2 aromatic carbocycles. The summed E-state index contributed by atoms with van der Waals surface area (Å²) in [5.74, 6) is -0.460. The summed E-state index contributed by atoms with van der Waals surface area (Å²) in [4.78, 5) is 17.3. The number of aromatic nitrogens is 1. The van der Waals surface area contributed by atoms with Crippen molar-refractivity contribution in [2.24, 2.45) is 0 Å². The van der Waals surface area contributed by atoms with Gasteiger partial charge >= 0.3 is 0 Å². The number of rotatable bonds is 3. The summed E-state index contributed by atoms with van der Waals surface area (Å²) in [6.07, 6.45) is 0. The predicted octanol–water partition coefficient (Wildman–Crippen LogP) is 4.14. The van der Waals surface area contributed by atoms with Crippen molar-refractivity contribution in [3.8, 4) is 0 Å². The lowest BCUT2D eigenvalue weighted by Gasteiger charge is -2.25. The number of benzene rings is 2. The Morgan fingerprint density at radius 2 is 1.82 bits per heavy atom. The molecule has 112 valence electrons. The average molecular weight is 296 g/mol. The van der Waals surface area contributed by atoms with Crippen LogP contribution in [-0.4, -0.2) is 22.8 Å². The summed E-state index contributed by atoms with van der Waals surface area (Å²) >= 11 is 0. The van der Waals surface area contributed by atoms with Crippen LogP contribution in [0.2, 0.25) is 0 Å². The summed E-state index contributed by atoms with van der Waals surface area (Å²) in [6.45, 7) is 1.82. The van der Waals surface area contributed by atoms with E-state index < -0.39 is 0 Å². The number of aromatic amines is 1. The SMILES string of the molecule is C[C@H](c1ccccc1F)N(C)C(=O)c1cc2ccccc2[nH]1. The van der Waals surface area contributed by atoms with E-state index in [1.54, 1.807) is 30.1 Å². The molecule has 0 unspecified atom stereocenters. The Kier molecular flexibility index (Phi) is 3.67. The zero-order valence-corrected chi connectivity index (χ0v) is 12.5. The van der Waals surface area contributed by atoms with E-state index in [2.05, 4.69) is 4.98 Å². The average Bonchev–Trinajstić information content (AvgIpc) is 2.97. The minimum atomic E-state index is -0.347. The predicted molar refractivity (Wildman–Crippen MR) is 85.2 cm³/mol. The molecule has 0 saturated heterocycles. The monoisotopic (exact) mass is 296 g/mol. The molecular formula is C18H17FN2O. The van der Waals surface area contributed by atoms with Crippen LogP contribution in [0.1, 0.15) is 29.0 Å². The van der Waals surface area contributed by atoms with Crippen molar-refractivity contribution >= 4 is 16.8 Å². The molecule has 0 aliphatic rings. The lowest BCUT2D eigenvalue weighted by atomic mass is 10.1. The molecule has 0 bridgehead atoms. The third-order valence-corrected chi connectivity index (χ3v) is 4.02. The van der Waals surface area contributed by atoms with Gasteiger partial charge in [-0.05, 0) is 25.1 Å². The highest BCUT2D eigenvalue weighted by molar-refractivity contribution is 5.98. The number of H-pyrrole nitrogens is 1. The van der Waals surface area contributed by atoms with Crippen molar-refractivity contribution < 1.29 is 9.18 Å². The molecule has 0 saturated carbocycles. The quantitative estimate of drug-likeness (QED) is 0.774. The molecule has 0 aliphatic carbocycles. The van der Waals surface area contributed by atoms with Gasteiger partial charge in [-0.25, -0.2) is 4.39 Å². The number of fused-ring (bicyclic) bond motifs is 1. The van der Waals surface area contributed by atoms with Crippen molar-refractivity contribution in [3.63, 3.8) is 0 Å². The third kappa shape index (κ3) is 2.48. The Hall–Kier alpha value is -2.62. The molecule has 4 heteroatoms. The summed E-state index contributed by atoms with van der Waals surface area (Å²) in [5.41, 5.74) is 1.93. The maximum absolute atomic E-state index is 13.9. The highest BCUT2D eigenvalue weighted by Gasteiger charge is 2.22. The van der Waals surface area contributed by atoms with Gasteiger partial charge in [0.25, 0.3) is 5.91 Å². The molecule has 1 heterocycles. The van der Waals surface area contributed by atoms with Crippen LogP contribution in [0.5, 0.6) is 0 Å². The van der Waals surface area contributed by atoms with E-state index >= 15 is 0 Å². The van der Waals surface area contributed by atoms with E-state index in [4.69, 9.17) is 0 Å². The van der Waals surface area contributed by atoms with Crippen LogP contribution in [0.25, 0.3) is 10.9 Å². The van der Waals surface area contributed by atoms with Gasteiger partial charge in [-0.15, -0.1) is 0 Å². The Morgan fingerprint density at radius 1 is 1.14 bits per heavy atom. The second kappa shape index (κ2) is 5.64. The van der Waals surface area contributed by atoms with Gasteiger partial charge in [0.15, 0.2) is 0 Å². The minimum absolute atomic E-state index is 0.160. The molecule has 22 heavy (non-hydrogen) atoms. The number of nitrogens with one attached hydrogen (secondary N) is 1. The summed E-state index contributed by atoms with van der Waals surface area (Å²) in [6, 6.07) is 15.7. The van der Waals surface area contributed by atoms with Gasteiger partial charge in [-0.3, -0.25) is 4.79 Å². The third-order valence-electron chi connectivity index (χ3n) is 4.02. The van der Waals surface area contributed by atoms with Crippen LogP contribution >= 0.6 is 0 Å². The second-order valence-electron chi connectivity index (χ2n) is 5.38. The highest BCUT2D eigenvalue weighted by atomic mass is 19.1. The number of hydrogen-bond acceptors (Lipinski definition) is 1. The highest BCUT2D eigenvalue weighted by Crippen LogP contribution is 2.24. The first-order valence-electron chi connectivity index (χ1n) is 7.17. The molecule has 3 rings (SSSR count). The van der Waals surface area contributed by atoms with Gasteiger partial charge in [0.1, 0.15) is 11.5 Å². The zero-order valence-electron chi connectivity index (χ0n) is 12.5. The topological polar surface area (TPSA) is 36.1 Å². The molecule has 1 atom stereocenters. The molecule has 1 aromatic heterocycles.